The van der Waals surface area contributed by atoms with Gasteiger partial charge in [-0.1, -0.05) is 6.92 Å². The second kappa shape index (κ2) is 5.78. The van der Waals surface area contributed by atoms with E-state index < -0.39 is 0 Å². The summed E-state index contributed by atoms with van der Waals surface area (Å²) in [6, 6.07) is 3.73. The summed E-state index contributed by atoms with van der Waals surface area (Å²) < 4.78 is 5.33. The summed E-state index contributed by atoms with van der Waals surface area (Å²) in [5.74, 6) is 1.38. The van der Waals surface area contributed by atoms with Gasteiger partial charge in [0.05, 0.1) is 6.26 Å². The second-order valence-corrected chi connectivity index (χ2v) is 4.35. The minimum Gasteiger partial charge on any atom is -0.461 e. The number of rotatable bonds is 5. The molecule has 0 unspecified atom stereocenters. The van der Waals surface area contributed by atoms with E-state index in [-0.39, 0.29) is 0 Å². The average molecular weight is 245 g/mol. The molecule has 0 radical (unpaired) electrons. The number of aryl methyl sites for hydroxylation is 2. The maximum atomic E-state index is 5.33. The van der Waals surface area contributed by atoms with Gasteiger partial charge in [0.15, 0.2) is 11.6 Å². The van der Waals surface area contributed by atoms with Gasteiger partial charge >= 0.3 is 0 Å². The van der Waals surface area contributed by atoms with E-state index in [1.807, 2.05) is 26.0 Å². The first-order chi connectivity index (χ1) is 8.72. The third-order valence-corrected chi connectivity index (χ3v) is 2.89. The molecule has 0 aliphatic rings. The van der Waals surface area contributed by atoms with Crippen molar-refractivity contribution in [2.45, 2.75) is 33.7 Å². The van der Waals surface area contributed by atoms with E-state index in [9.17, 15) is 0 Å². The Morgan fingerprint density at radius 2 is 1.94 bits per heavy atom. The Hall–Kier alpha value is -1.68. The van der Waals surface area contributed by atoms with Crippen LogP contribution in [0.5, 0.6) is 0 Å². The zero-order valence-corrected chi connectivity index (χ0v) is 11.2. The fourth-order valence-electron chi connectivity index (χ4n) is 1.90. The molecule has 4 nitrogen and oxygen atoms in total. The van der Waals surface area contributed by atoms with Crippen LogP contribution >= 0.6 is 0 Å². The predicted octanol–water partition coefficient (Wildman–Crippen LogP) is 2.85. The van der Waals surface area contributed by atoms with E-state index in [0.717, 1.165) is 30.9 Å². The maximum absolute atomic E-state index is 5.33. The Kier molecular flexibility index (Phi) is 4.10. The molecule has 96 valence electrons. The second-order valence-electron chi connectivity index (χ2n) is 4.35. The number of hydrogen-bond acceptors (Lipinski definition) is 4. The first-order valence-corrected chi connectivity index (χ1v) is 6.31. The van der Waals surface area contributed by atoms with Crippen LogP contribution in [0.25, 0.3) is 11.6 Å². The highest BCUT2D eigenvalue weighted by atomic mass is 16.3. The highest BCUT2D eigenvalue weighted by Gasteiger charge is 2.11. The van der Waals surface area contributed by atoms with Gasteiger partial charge in [-0.05, 0) is 38.9 Å². The summed E-state index contributed by atoms with van der Waals surface area (Å²) in [7, 11) is 0. The van der Waals surface area contributed by atoms with Crippen molar-refractivity contribution in [1.29, 1.82) is 0 Å². The lowest BCUT2D eigenvalue weighted by Gasteiger charge is -2.10. The molecular formula is C14H19N3O. The van der Waals surface area contributed by atoms with E-state index in [1.165, 1.54) is 5.56 Å². The van der Waals surface area contributed by atoms with E-state index in [2.05, 4.69) is 22.2 Å². The van der Waals surface area contributed by atoms with Crippen LogP contribution in [0.1, 0.15) is 30.3 Å². The summed E-state index contributed by atoms with van der Waals surface area (Å²) in [6.45, 7) is 8.03. The van der Waals surface area contributed by atoms with Crippen molar-refractivity contribution in [2.24, 2.45) is 0 Å². The van der Waals surface area contributed by atoms with Crippen molar-refractivity contribution < 1.29 is 4.42 Å². The molecule has 2 heterocycles. The third-order valence-electron chi connectivity index (χ3n) is 2.89. The van der Waals surface area contributed by atoms with Gasteiger partial charge in [0.25, 0.3) is 0 Å². The van der Waals surface area contributed by atoms with Crippen molar-refractivity contribution >= 4 is 0 Å². The van der Waals surface area contributed by atoms with Crippen molar-refractivity contribution in [3.8, 4) is 11.6 Å². The van der Waals surface area contributed by atoms with Gasteiger partial charge < -0.3 is 9.73 Å². The topological polar surface area (TPSA) is 51.0 Å². The predicted molar refractivity (Wildman–Crippen MR) is 71.2 cm³/mol. The Labute approximate surface area is 107 Å². The molecule has 2 aromatic rings. The fourth-order valence-corrected chi connectivity index (χ4v) is 1.90. The minimum atomic E-state index is 0.661. The molecular weight excluding hydrogens is 226 g/mol. The highest BCUT2D eigenvalue weighted by molar-refractivity contribution is 5.47. The van der Waals surface area contributed by atoms with Crippen LogP contribution in [0.3, 0.4) is 0 Å². The molecule has 0 amide bonds. The average Bonchev–Trinajstić information content (AvgIpc) is 2.86. The standard InChI is InChI=1S/C14H19N3O/c1-4-7-15-9-12-10(2)16-14(17-11(12)3)13-6-5-8-18-13/h5-6,8,15H,4,7,9H2,1-3H3. The number of nitrogens with zero attached hydrogens (tertiary/aromatic N) is 2. The van der Waals surface area contributed by atoms with Gasteiger partial charge in [-0.2, -0.15) is 0 Å². The van der Waals surface area contributed by atoms with E-state index >= 15 is 0 Å². The van der Waals surface area contributed by atoms with Gasteiger partial charge in [0.1, 0.15) is 0 Å². The lowest BCUT2D eigenvalue weighted by Crippen LogP contribution is -2.17. The molecule has 18 heavy (non-hydrogen) atoms. The first kappa shape index (κ1) is 12.8. The van der Waals surface area contributed by atoms with Crippen molar-refractivity contribution in [1.82, 2.24) is 15.3 Å². The molecule has 0 bridgehead atoms. The monoisotopic (exact) mass is 245 g/mol. The zero-order valence-electron chi connectivity index (χ0n) is 11.2. The number of aromatic nitrogens is 2. The molecule has 4 heteroatoms. The zero-order chi connectivity index (χ0) is 13.0. The Balaban J connectivity index is 2.24. The highest BCUT2D eigenvalue weighted by Crippen LogP contribution is 2.18. The summed E-state index contributed by atoms with van der Waals surface area (Å²) in [6.07, 6.45) is 2.77. The molecule has 1 N–H and O–H groups in total. The van der Waals surface area contributed by atoms with Crippen LogP contribution in [-0.4, -0.2) is 16.5 Å². The van der Waals surface area contributed by atoms with Crippen LogP contribution in [0.2, 0.25) is 0 Å². The Morgan fingerprint density at radius 1 is 1.22 bits per heavy atom. The minimum absolute atomic E-state index is 0.661. The molecule has 2 aromatic heterocycles. The molecule has 0 saturated heterocycles. The van der Waals surface area contributed by atoms with E-state index in [4.69, 9.17) is 4.42 Å². The molecule has 0 aliphatic heterocycles. The fraction of sp³-hybridized carbons (Fsp3) is 0.429. The Morgan fingerprint density at radius 3 is 2.50 bits per heavy atom. The summed E-state index contributed by atoms with van der Waals surface area (Å²) >= 11 is 0. The van der Waals surface area contributed by atoms with Gasteiger partial charge in [-0.25, -0.2) is 9.97 Å². The normalized spacial score (nSPS) is 10.8. The van der Waals surface area contributed by atoms with Crippen molar-refractivity contribution in [3.05, 3.63) is 35.3 Å². The first-order valence-electron chi connectivity index (χ1n) is 6.31. The van der Waals surface area contributed by atoms with Gasteiger partial charge in [-0.15, -0.1) is 0 Å². The molecule has 0 atom stereocenters. The van der Waals surface area contributed by atoms with Gasteiger partial charge in [-0.3, -0.25) is 0 Å². The van der Waals surface area contributed by atoms with Gasteiger partial charge in [0, 0.05) is 23.5 Å². The summed E-state index contributed by atoms with van der Waals surface area (Å²) in [5, 5.41) is 3.38. The Bertz CT molecular complexity index is 483. The van der Waals surface area contributed by atoms with Crippen LogP contribution in [0, 0.1) is 13.8 Å². The lowest BCUT2D eigenvalue weighted by atomic mass is 10.1. The molecule has 2 rings (SSSR count). The van der Waals surface area contributed by atoms with Gasteiger partial charge in [0.2, 0.25) is 0 Å². The molecule has 0 spiro atoms. The third kappa shape index (κ3) is 2.76. The quantitative estimate of drug-likeness (QED) is 0.823. The van der Waals surface area contributed by atoms with Crippen molar-refractivity contribution in [3.63, 3.8) is 0 Å². The molecule has 0 aromatic carbocycles. The SMILES string of the molecule is CCCNCc1c(C)nc(-c2ccco2)nc1C. The molecule has 0 aliphatic carbocycles. The molecule has 0 saturated carbocycles. The largest absolute Gasteiger partial charge is 0.461 e. The summed E-state index contributed by atoms with van der Waals surface area (Å²) in [5.41, 5.74) is 3.20. The number of furan rings is 1. The van der Waals surface area contributed by atoms with Crippen LogP contribution in [0.4, 0.5) is 0 Å². The van der Waals surface area contributed by atoms with E-state index in [1.54, 1.807) is 6.26 Å². The maximum Gasteiger partial charge on any atom is 0.196 e. The summed E-state index contributed by atoms with van der Waals surface area (Å²) in [4.78, 5) is 9.02. The van der Waals surface area contributed by atoms with Crippen LogP contribution in [-0.2, 0) is 6.54 Å². The number of nitrogens with one attached hydrogen (secondary N) is 1. The molecule has 0 fully saturated rings. The van der Waals surface area contributed by atoms with Crippen LogP contribution < -0.4 is 5.32 Å². The number of hydrogen-bond donors (Lipinski definition) is 1. The van der Waals surface area contributed by atoms with Crippen LogP contribution in [0.15, 0.2) is 22.8 Å². The lowest BCUT2D eigenvalue weighted by molar-refractivity contribution is 0.576. The smallest absolute Gasteiger partial charge is 0.196 e. The van der Waals surface area contributed by atoms with Crippen molar-refractivity contribution in [2.75, 3.05) is 6.54 Å². The van der Waals surface area contributed by atoms with E-state index in [0.29, 0.717) is 11.6 Å².